The van der Waals surface area contributed by atoms with Crippen molar-refractivity contribution in [2.45, 2.75) is 52.5 Å². The Morgan fingerprint density at radius 3 is 2.68 bits per heavy atom. The molecule has 0 aromatic carbocycles. The van der Waals surface area contributed by atoms with Crippen LogP contribution in [0.25, 0.3) is 11.1 Å². The predicted molar refractivity (Wildman–Crippen MR) is 103 cm³/mol. The van der Waals surface area contributed by atoms with Gasteiger partial charge in [-0.25, -0.2) is 9.78 Å². The van der Waals surface area contributed by atoms with E-state index in [0.717, 1.165) is 32.2 Å². The van der Waals surface area contributed by atoms with Crippen LogP contribution in [-0.4, -0.2) is 64.2 Å². The molecule has 1 aliphatic heterocycles. The van der Waals surface area contributed by atoms with E-state index in [1.165, 1.54) is 6.33 Å². The first kappa shape index (κ1) is 20.0. The first-order valence-corrected chi connectivity index (χ1v) is 9.86. The van der Waals surface area contributed by atoms with Gasteiger partial charge in [0.2, 0.25) is 11.6 Å². The number of carbonyl (C=O) groups excluding carboxylic acids is 2. The summed E-state index contributed by atoms with van der Waals surface area (Å²) in [5.74, 6) is 0.204. The smallest absolute Gasteiger partial charge is 0.361 e. The van der Waals surface area contributed by atoms with E-state index in [2.05, 4.69) is 26.9 Å². The van der Waals surface area contributed by atoms with Crippen LogP contribution in [-0.2, 0) is 9.53 Å². The highest BCUT2D eigenvalue weighted by Crippen LogP contribution is 2.31. The van der Waals surface area contributed by atoms with Gasteiger partial charge in [0.1, 0.15) is 17.5 Å². The van der Waals surface area contributed by atoms with Gasteiger partial charge in [0.05, 0.1) is 6.61 Å². The van der Waals surface area contributed by atoms with E-state index in [1.54, 1.807) is 13.8 Å². The van der Waals surface area contributed by atoms with E-state index in [1.807, 2.05) is 4.90 Å². The molecule has 3 rings (SSSR count). The van der Waals surface area contributed by atoms with Crippen LogP contribution in [0.4, 0.5) is 5.82 Å². The molecule has 0 N–H and O–H groups in total. The van der Waals surface area contributed by atoms with E-state index in [0.29, 0.717) is 24.3 Å². The molecule has 0 radical (unpaired) electrons. The fourth-order valence-electron chi connectivity index (χ4n) is 3.61. The molecule has 3 heterocycles. The third-order valence-electron chi connectivity index (χ3n) is 5.10. The second-order valence-corrected chi connectivity index (χ2v) is 6.91. The molecule has 0 spiro atoms. The Kier molecular flexibility index (Phi) is 6.43. The zero-order valence-electron chi connectivity index (χ0n) is 16.7. The van der Waals surface area contributed by atoms with Crippen molar-refractivity contribution in [2.24, 2.45) is 0 Å². The lowest BCUT2D eigenvalue weighted by molar-refractivity contribution is -0.129. The molecule has 1 aliphatic rings. The van der Waals surface area contributed by atoms with Crippen molar-refractivity contribution < 1.29 is 18.8 Å². The number of hydrogen-bond acceptors (Lipinski definition) is 8. The van der Waals surface area contributed by atoms with Crippen LogP contribution in [0.3, 0.4) is 0 Å². The molecule has 2 aromatic rings. The number of rotatable bonds is 7. The largest absolute Gasteiger partial charge is 0.461 e. The van der Waals surface area contributed by atoms with Crippen LogP contribution in [0.5, 0.6) is 0 Å². The van der Waals surface area contributed by atoms with E-state index < -0.39 is 5.97 Å². The Morgan fingerprint density at radius 2 is 2.04 bits per heavy atom. The Morgan fingerprint density at radius 1 is 1.29 bits per heavy atom. The van der Waals surface area contributed by atoms with Gasteiger partial charge in [0, 0.05) is 32.6 Å². The number of esters is 1. The van der Waals surface area contributed by atoms with Crippen molar-refractivity contribution in [3.8, 4) is 0 Å². The van der Waals surface area contributed by atoms with Gasteiger partial charge in [-0.05, 0) is 26.2 Å². The lowest BCUT2D eigenvalue weighted by Gasteiger charge is -2.39. The number of likely N-dealkylation sites (tertiary alicyclic amines) is 1. The van der Waals surface area contributed by atoms with Gasteiger partial charge in [-0.2, -0.15) is 4.98 Å². The van der Waals surface area contributed by atoms with Gasteiger partial charge in [-0.1, -0.05) is 18.5 Å². The second kappa shape index (κ2) is 8.99. The maximum Gasteiger partial charge on any atom is 0.361 e. The summed E-state index contributed by atoms with van der Waals surface area (Å²) < 4.78 is 10.4. The van der Waals surface area contributed by atoms with Gasteiger partial charge in [-0.3, -0.25) is 4.79 Å². The van der Waals surface area contributed by atoms with Gasteiger partial charge in [0.25, 0.3) is 5.71 Å². The average molecular weight is 389 g/mol. The van der Waals surface area contributed by atoms with Crippen LogP contribution in [0.2, 0.25) is 0 Å². The lowest BCUT2D eigenvalue weighted by atomic mass is 10.0. The standard InChI is InChI=1S/C19H27N5O4/c1-4-6-9-24(14-7-10-23(11-8-14)13(3)25)17-15-16(19(26)27-5-2)22-28-18(15)21-12-20-17/h12,14H,4-11H2,1-3H3. The van der Waals surface area contributed by atoms with E-state index in [9.17, 15) is 9.59 Å². The maximum atomic E-state index is 12.3. The van der Waals surface area contributed by atoms with Gasteiger partial charge in [0.15, 0.2) is 0 Å². The molecule has 0 unspecified atom stereocenters. The topological polar surface area (TPSA) is 102 Å². The normalized spacial score (nSPS) is 15.0. The number of piperidine rings is 1. The number of carbonyl (C=O) groups is 2. The van der Waals surface area contributed by atoms with E-state index in [4.69, 9.17) is 9.26 Å². The highest BCUT2D eigenvalue weighted by Gasteiger charge is 2.30. The third-order valence-corrected chi connectivity index (χ3v) is 5.10. The van der Waals surface area contributed by atoms with Crippen molar-refractivity contribution in [3.63, 3.8) is 0 Å². The fraction of sp³-hybridized carbons (Fsp3) is 0.632. The van der Waals surface area contributed by atoms with Crippen LogP contribution >= 0.6 is 0 Å². The predicted octanol–water partition coefficient (Wildman–Crippen LogP) is 2.41. The van der Waals surface area contributed by atoms with Crippen LogP contribution in [0.1, 0.15) is 56.9 Å². The molecule has 1 fully saturated rings. The summed E-state index contributed by atoms with van der Waals surface area (Å²) in [4.78, 5) is 36.7. The summed E-state index contributed by atoms with van der Waals surface area (Å²) >= 11 is 0. The number of hydrogen-bond donors (Lipinski definition) is 0. The Hall–Kier alpha value is -2.71. The molecule has 0 bridgehead atoms. The minimum atomic E-state index is -0.542. The zero-order chi connectivity index (χ0) is 20.1. The van der Waals surface area contributed by atoms with Crippen molar-refractivity contribution in [1.29, 1.82) is 0 Å². The van der Waals surface area contributed by atoms with Crippen molar-refractivity contribution in [3.05, 3.63) is 12.0 Å². The van der Waals surface area contributed by atoms with Crippen LogP contribution < -0.4 is 4.90 Å². The summed E-state index contributed by atoms with van der Waals surface area (Å²) in [5.41, 5.74) is 0.380. The summed E-state index contributed by atoms with van der Waals surface area (Å²) in [6, 6.07) is 0.213. The number of fused-ring (bicyclic) bond motifs is 1. The lowest BCUT2D eigenvalue weighted by Crippen LogP contribution is -2.47. The first-order valence-electron chi connectivity index (χ1n) is 9.86. The SMILES string of the molecule is CCCCN(c1ncnc2onc(C(=O)OCC)c12)C1CCN(C(C)=O)CC1. The van der Waals surface area contributed by atoms with Gasteiger partial charge < -0.3 is 19.1 Å². The summed E-state index contributed by atoms with van der Waals surface area (Å²) in [6.07, 6.45) is 5.13. The van der Waals surface area contributed by atoms with Crippen LogP contribution in [0, 0.1) is 0 Å². The number of anilines is 1. The highest BCUT2D eigenvalue weighted by molar-refractivity contribution is 6.04. The molecule has 9 heteroatoms. The number of nitrogens with zero attached hydrogens (tertiary/aromatic N) is 5. The molecular formula is C19H27N5O4. The van der Waals surface area contributed by atoms with Gasteiger partial charge >= 0.3 is 5.97 Å². The first-order chi connectivity index (χ1) is 13.6. The second-order valence-electron chi connectivity index (χ2n) is 6.91. The fourth-order valence-corrected chi connectivity index (χ4v) is 3.61. The molecule has 0 aliphatic carbocycles. The van der Waals surface area contributed by atoms with Crippen molar-refractivity contribution >= 4 is 28.8 Å². The summed E-state index contributed by atoms with van der Waals surface area (Å²) in [5, 5.41) is 4.38. The minimum absolute atomic E-state index is 0.103. The molecule has 152 valence electrons. The maximum absolute atomic E-state index is 12.3. The number of unbranched alkanes of at least 4 members (excludes halogenated alkanes) is 1. The van der Waals surface area contributed by atoms with Crippen molar-refractivity contribution in [1.82, 2.24) is 20.0 Å². The summed E-state index contributed by atoms with van der Waals surface area (Å²) in [7, 11) is 0. The molecule has 0 atom stereocenters. The molecule has 1 saturated heterocycles. The molecular weight excluding hydrogens is 362 g/mol. The Bertz CT molecular complexity index is 829. The molecule has 0 saturated carbocycles. The molecule has 28 heavy (non-hydrogen) atoms. The number of aromatic nitrogens is 3. The van der Waals surface area contributed by atoms with E-state index in [-0.39, 0.29) is 30.0 Å². The molecule has 2 aromatic heterocycles. The average Bonchev–Trinajstić information content (AvgIpc) is 3.14. The number of ether oxygens (including phenoxy) is 1. The third kappa shape index (κ3) is 4.07. The van der Waals surface area contributed by atoms with Crippen LogP contribution in [0.15, 0.2) is 10.9 Å². The van der Waals surface area contributed by atoms with Gasteiger partial charge in [-0.15, -0.1) is 0 Å². The molecule has 1 amide bonds. The molecule has 9 nitrogen and oxygen atoms in total. The zero-order valence-corrected chi connectivity index (χ0v) is 16.7. The highest BCUT2D eigenvalue weighted by atomic mass is 16.5. The number of amides is 1. The monoisotopic (exact) mass is 389 g/mol. The van der Waals surface area contributed by atoms with E-state index >= 15 is 0 Å². The minimum Gasteiger partial charge on any atom is -0.461 e. The van der Waals surface area contributed by atoms with Crippen molar-refractivity contribution in [2.75, 3.05) is 31.1 Å². The summed E-state index contributed by atoms with van der Waals surface area (Å²) in [6.45, 7) is 7.95. The Balaban J connectivity index is 1.96. The Labute approximate surface area is 164 Å². The quantitative estimate of drug-likeness (QED) is 0.665.